The molecule has 12 heteroatoms. The number of fused-ring (bicyclic) bond motifs is 5. The molecule has 0 amide bonds. The number of hydrogen-bond acceptors (Lipinski definition) is 7. The summed E-state index contributed by atoms with van der Waals surface area (Å²) in [5, 5.41) is 17.4. The van der Waals surface area contributed by atoms with E-state index in [0.717, 1.165) is 42.6 Å². The van der Waals surface area contributed by atoms with E-state index < -0.39 is 12.1 Å². The van der Waals surface area contributed by atoms with Crippen LogP contribution < -0.4 is 5.32 Å². The van der Waals surface area contributed by atoms with E-state index in [4.69, 9.17) is 19.7 Å². The van der Waals surface area contributed by atoms with Gasteiger partial charge in [0.05, 0.1) is 12.2 Å². The Morgan fingerprint density at radius 1 is 1.32 bits per heavy atom. The number of carbonyl (C=O) groups is 2. The number of nitrogens with one attached hydrogen (secondary N) is 1. The van der Waals surface area contributed by atoms with Crippen LogP contribution >= 0.6 is 11.3 Å². The summed E-state index contributed by atoms with van der Waals surface area (Å²) in [6.07, 6.45) is 1.09. The minimum atomic E-state index is -5.08. The first kappa shape index (κ1) is 23.9. The van der Waals surface area contributed by atoms with Gasteiger partial charge in [0.1, 0.15) is 11.8 Å². The molecular weight excluding hydrogens is 473 g/mol. The van der Waals surface area contributed by atoms with Crippen molar-refractivity contribution in [1.82, 2.24) is 20.1 Å². The molecule has 34 heavy (non-hydrogen) atoms. The lowest BCUT2D eigenvalue weighted by atomic mass is 9.90. The number of cyclic esters (lactones) is 1. The van der Waals surface area contributed by atoms with E-state index in [0.29, 0.717) is 18.8 Å². The molecule has 2 N–H and O–H groups in total. The van der Waals surface area contributed by atoms with Crippen LogP contribution in [0.15, 0.2) is 36.0 Å². The highest BCUT2D eigenvalue weighted by Crippen LogP contribution is 2.35. The van der Waals surface area contributed by atoms with Gasteiger partial charge in [-0.3, -0.25) is 9.67 Å². The van der Waals surface area contributed by atoms with Crippen LogP contribution in [0.5, 0.6) is 0 Å². The number of hydrogen-bond donors (Lipinski definition) is 2. The van der Waals surface area contributed by atoms with Crippen LogP contribution in [0.3, 0.4) is 0 Å². The highest BCUT2D eigenvalue weighted by Gasteiger charge is 2.38. The summed E-state index contributed by atoms with van der Waals surface area (Å²) in [4.78, 5) is 27.1. The number of carboxylic acids is 1. The van der Waals surface area contributed by atoms with Gasteiger partial charge in [-0.25, -0.2) is 9.59 Å². The summed E-state index contributed by atoms with van der Waals surface area (Å²) >= 11 is 1.77. The molecule has 1 unspecified atom stereocenters. The molecule has 180 valence electrons. The quantitative estimate of drug-likeness (QED) is 0.415. The Bertz CT molecular complexity index is 1180. The van der Waals surface area contributed by atoms with Crippen molar-refractivity contribution in [2.45, 2.75) is 38.1 Å². The second-order valence-electron chi connectivity index (χ2n) is 7.75. The van der Waals surface area contributed by atoms with Crippen molar-refractivity contribution < 1.29 is 32.6 Å². The summed E-state index contributed by atoms with van der Waals surface area (Å²) in [5.41, 5.74) is 4.84. The van der Waals surface area contributed by atoms with Gasteiger partial charge >= 0.3 is 18.1 Å². The molecule has 0 bridgehead atoms. The Hall–Kier alpha value is -3.25. The first-order valence-corrected chi connectivity index (χ1v) is 11.4. The van der Waals surface area contributed by atoms with Crippen molar-refractivity contribution >= 4 is 23.3 Å². The molecule has 0 spiro atoms. The number of thiophene rings is 1. The zero-order valence-electron chi connectivity index (χ0n) is 17.8. The Morgan fingerprint density at radius 2 is 2.12 bits per heavy atom. The number of esters is 1. The van der Waals surface area contributed by atoms with Gasteiger partial charge in [0, 0.05) is 41.5 Å². The van der Waals surface area contributed by atoms with E-state index in [1.165, 1.54) is 10.4 Å². The summed E-state index contributed by atoms with van der Waals surface area (Å²) in [6, 6.07) is 6.19. The van der Waals surface area contributed by atoms with E-state index >= 15 is 0 Å². The number of pyridine rings is 1. The van der Waals surface area contributed by atoms with Gasteiger partial charge in [0.25, 0.3) is 0 Å². The summed E-state index contributed by atoms with van der Waals surface area (Å²) in [7, 11) is 0. The van der Waals surface area contributed by atoms with Crippen LogP contribution in [-0.4, -0.2) is 57.2 Å². The zero-order valence-corrected chi connectivity index (χ0v) is 18.7. The Labute approximate surface area is 196 Å². The molecule has 3 aromatic heterocycles. The lowest BCUT2D eigenvalue weighted by molar-refractivity contribution is -0.192. The van der Waals surface area contributed by atoms with Crippen LogP contribution in [0.1, 0.15) is 26.5 Å². The number of nitrogens with zero attached hydrogens (tertiary/aromatic N) is 3. The Morgan fingerprint density at radius 3 is 2.82 bits per heavy atom. The number of aliphatic carboxylic acids is 1. The maximum atomic E-state index is 12.6. The third kappa shape index (κ3) is 5.28. The van der Waals surface area contributed by atoms with E-state index in [1.807, 2.05) is 16.9 Å². The van der Waals surface area contributed by atoms with Crippen molar-refractivity contribution in [3.63, 3.8) is 0 Å². The van der Waals surface area contributed by atoms with E-state index in [2.05, 4.69) is 27.8 Å². The molecule has 8 nitrogen and oxygen atoms in total. The Kier molecular flexibility index (Phi) is 6.98. The van der Waals surface area contributed by atoms with Crippen LogP contribution in [0.4, 0.5) is 13.2 Å². The number of alkyl halides is 3. The van der Waals surface area contributed by atoms with Crippen LogP contribution in [0, 0.1) is 0 Å². The minimum absolute atomic E-state index is 0.188. The smallest absolute Gasteiger partial charge is 0.475 e. The first-order valence-electron chi connectivity index (χ1n) is 10.5. The molecular formula is C22H21F3N4O4S. The van der Waals surface area contributed by atoms with Gasteiger partial charge in [0.15, 0.2) is 0 Å². The molecule has 0 radical (unpaired) electrons. The standard InChI is InChI=1S/C20H20N4O2S.C2HF3O2/c25-20-19-17-4-3-13-10-21-8-6-16(13)18(17)23-24(19)12-14(26-20)11-22-7-5-15-2-1-9-27-15;3-2(4,5)1(6)7/h1-2,6,8-10,14,22H,3-5,7,11-12H2;(H,6,7). The minimum Gasteiger partial charge on any atom is -0.475 e. The third-order valence-electron chi connectivity index (χ3n) is 5.44. The molecule has 2 aliphatic rings. The second kappa shape index (κ2) is 9.94. The van der Waals surface area contributed by atoms with Crippen LogP contribution in [0.25, 0.3) is 11.3 Å². The average molecular weight is 494 g/mol. The van der Waals surface area contributed by atoms with Crippen LogP contribution in [0.2, 0.25) is 0 Å². The lowest BCUT2D eigenvalue weighted by Crippen LogP contribution is -2.40. The highest BCUT2D eigenvalue weighted by molar-refractivity contribution is 7.09. The maximum Gasteiger partial charge on any atom is 0.490 e. The summed E-state index contributed by atoms with van der Waals surface area (Å²) < 4.78 is 39.3. The number of aryl methyl sites for hydroxylation is 1. The van der Waals surface area contributed by atoms with Gasteiger partial charge in [-0.05, 0) is 42.3 Å². The normalized spacial score (nSPS) is 16.4. The number of ether oxygens (including phenoxy) is 1. The number of aromatic nitrogens is 3. The van der Waals surface area contributed by atoms with Gasteiger partial charge < -0.3 is 15.2 Å². The summed E-state index contributed by atoms with van der Waals surface area (Å²) in [5.74, 6) is -3.01. The third-order valence-corrected chi connectivity index (χ3v) is 6.38. The second-order valence-corrected chi connectivity index (χ2v) is 8.79. The average Bonchev–Trinajstić information content (AvgIpc) is 3.44. The van der Waals surface area contributed by atoms with Gasteiger partial charge in [-0.15, -0.1) is 11.3 Å². The maximum absolute atomic E-state index is 12.6. The van der Waals surface area contributed by atoms with Crippen molar-refractivity contribution in [3.05, 3.63) is 57.7 Å². The molecule has 4 heterocycles. The molecule has 0 saturated carbocycles. The topological polar surface area (TPSA) is 106 Å². The monoisotopic (exact) mass is 494 g/mol. The lowest BCUT2D eigenvalue weighted by Gasteiger charge is -2.24. The predicted octanol–water partition coefficient (Wildman–Crippen LogP) is 3.11. The predicted molar refractivity (Wildman–Crippen MR) is 117 cm³/mol. The number of carboxylic acid groups (broad SMARTS) is 1. The van der Waals surface area contributed by atoms with Gasteiger partial charge in [-0.1, -0.05) is 6.07 Å². The van der Waals surface area contributed by atoms with E-state index in [1.54, 1.807) is 17.5 Å². The molecule has 0 saturated heterocycles. The number of carbonyl (C=O) groups excluding carboxylic acids is 1. The largest absolute Gasteiger partial charge is 0.490 e. The fraction of sp³-hybridized carbons (Fsp3) is 0.364. The van der Waals surface area contributed by atoms with Gasteiger partial charge in [-0.2, -0.15) is 18.3 Å². The molecule has 3 aromatic rings. The zero-order chi connectivity index (χ0) is 24.3. The number of rotatable bonds is 5. The van der Waals surface area contributed by atoms with Crippen molar-refractivity contribution in [2.24, 2.45) is 0 Å². The SMILES string of the molecule is O=C(O)C(F)(F)F.O=C1OC(CNCCc2cccs2)Cn2nc3c(c21)CCc1cnccc1-3. The number of halogens is 3. The first-order chi connectivity index (χ1) is 16.2. The molecule has 0 aromatic carbocycles. The molecule has 1 aliphatic heterocycles. The van der Waals surface area contributed by atoms with Crippen molar-refractivity contribution in [2.75, 3.05) is 13.1 Å². The van der Waals surface area contributed by atoms with Crippen molar-refractivity contribution in [3.8, 4) is 11.3 Å². The van der Waals surface area contributed by atoms with Crippen molar-refractivity contribution in [1.29, 1.82) is 0 Å². The van der Waals surface area contributed by atoms with Crippen LogP contribution in [-0.2, 0) is 35.3 Å². The Balaban J connectivity index is 0.000000344. The van der Waals surface area contributed by atoms with E-state index in [-0.39, 0.29) is 12.1 Å². The molecule has 1 atom stereocenters. The fourth-order valence-corrected chi connectivity index (χ4v) is 4.61. The highest BCUT2D eigenvalue weighted by atomic mass is 32.1. The van der Waals surface area contributed by atoms with E-state index in [9.17, 15) is 18.0 Å². The fourth-order valence-electron chi connectivity index (χ4n) is 3.90. The van der Waals surface area contributed by atoms with Gasteiger partial charge in [0.2, 0.25) is 0 Å². The molecule has 0 fully saturated rings. The molecule has 5 rings (SSSR count). The summed E-state index contributed by atoms with van der Waals surface area (Å²) in [6.45, 7) is 2.11. The molecule has 1 aliphatic carbocycles.